The zero-order chi connectivity index (χ0) is 14.0. The van der Waals surface area contributed by atoms with Gasteiger partial charge in [0, 0.05) is 27.5 Å². The van der Waals surface area contributed by atoms with E-state index in [0.29, 0.717) is 23.2 Å². The first kappa shape index (κ1) is 12.4. The van der Waals surface area contributed by atoms with E-state index < -0.39 is 0 Å². The first-order valence-corrected chi connectivity index (χ1v) is 9.16. The number of benzene rings is 1. The van der Waals surface area contributed by atoms with Crippen LogP contribution in [0.4, 0.5) is 0 Å². The molecule has 1 aliphatic carbocycles. The minimum absolute atomic E-state index is 0.0756. The van der Waals surface area contributed by atoms with Crippen molar-refractivity contribution in [2.45, 2.75) is 41.6 Å². The lowest BCUT2D eigenvalue weighted by molar-refractivity contribution is 0.0666. The highest BCUT2D eigenvalue weighted by molar-refractivity contribution is 8.00. The van der Waals surface area contributed by atoms with Gasteiger partial charge < -0.3 is 9.72 Å². The van der Waals surface area contributed by atoms with Crippen LogP contribution in [0.3, 0.4) is 0 Å². The fraction of sp³-hybridized carbons (Fsp3) is 0.438. The molecule has 3 nitrogen and oxygen atoms in total. The maximum atomic E-state index is 11.9. The smallest absolute Gasteiger partial charge is 0.305 e. The fourth-order valence-electron chi connectivity index (χ4n) is 4.15. The van der Waals surface area contributed by atoms with Gasteiger partial charge in [-0.05, 0) is 25.3 Å². The van der Waals surface area contributed by atoms with Crippen LogP contribution in [0.2, 0.25) is 0 Å². The number of ether oxygens (including phenoxy) is 1. The number of aromatic nitrogens is 1. The summed E-state index contributed by atoms with van der Waals surface area (Å²) in [5.74, 6) is 1.87. The second-order valence-electron chi connectivity index (χ2n) is 6.04. The summed E-state index contributed by atoms with van der Waals surface area (Å²) in [6.45, 7) is 0. The van der Waals surface area contributed by atoms with Crippen LogP contribution in [-0.2, 0) is 0 Å². The Morgan fingerprint density at radius 3 is 3.10 bits per heavy atom. The van der Waals surface area contributed by atoms with E-state index in [0.717, 1.165) is 17.2 Å². The Hall–Kier alpha value is -1.20. The van der Waals surface area contributed by atoms with Crippen molar-refractivity contribution < 1.29 is 4.74 Å². The van der Waals surface area contributed by atoms with Crippen molar-refractivity contribution in [3.05, 3.63) is 44.4 Å². The molecule has 1 saturated carbocycles. The summed E-state index contributed by atoms with van der Waals surface area (Å²) in [5.41, 5.74) is 1.27. The van der Waals surface area contributed by atoms with Crippen LogP contribution in [0.5, 0.6) is 5.75 Å². The second kappa shape index (κ2) is 4.40. The number of para-hydroxylation sites is 1. The molecule has 1 fully saturated rings. The van der Waals surface area contributed by atoms with Crippen LogP contribution < -0.4 is 9.61 Å². The molecule has 1 N–H and O–H groups in total. The molecule has 1 aromatic heterocycles. The summed E-state index contributed by atoms with van der Waals surface area (Å²) < 4.78 is 6.30. The minimum atomic E-state index is 0.0756. The standard InChI is InChI=1S/C16H15NO2S2/c18-16-17-15-14(21-16)12-8-4-1-2-5-9(8)19-10-6-3-7-11(20-15)13(10)12/h1-2,4-5,10-13H,3,6-7H2,(H,17,18)/t10-,11+,12-,13+/m1/s1. The number of thiazole rings is 1. The Kier molecular flexibility index (Phi) is 2.59. The zero-order valence-electron chi connectivity index (χ0n) is 11.4. The van der Waals surface area contributed by atoms with E-state index in [9.17, 15) is 4.79 Å². The second-order valence-corrected chi connectivity index (χ2v) is 8.31. The normalized spacial score (nSPS) is 32.6. The third-order valence-corrected chi connectivity index (χ3v) is 7.45. The summed E-state index contributed by atoms with van der Waals surface area (Å²) in [6, 6.07) is 8.37. The number of hydrogen-bond donors (Lipinski definition) is 1. The van der Waals surface area contributed by atoms with Crippen LogP contribution >= 0.6 is 23.1 Å². The van der Waals surface area contributed by atoms with Crippen molar-refractivity contribution >= 4 is 23.1 Å². The lowest BCUT2D eigenvalue weighted by Crippen LogP contribution is -2.46. The first-order chi connectivity index (χ1) is 10.3. The van der Waals surface area contributed by atoms with E-state index in [2.05, 4.69) is 23.2 Å². The number of thioether (sulfide) groups is 1. The summed E-state index contributed by atoms with van der Waals surface area (Å²) in [7, 11) is 0. The SMILES string of the molecule is O=c1[nH]c2c(s1)[C@@H]1c3ccccc3O[C@@H]3CCC[C@H](S2)[C@@H]13. The topological polar surface area (TPSA) is 42.1 Å². The Morgan fingerprint density at radius 1 is 1.24 bits per heavy atom. The van der Waals surface area contributed by atoms with Crippen molar-refractivity contribution in [3.63, 3.8) is 0 Å². The molecule has 0 spiro atoms. The molecule has 5 heteroatoms. The summed E-state index contributed by atoms with van der Waals surface area (Å²) >= 11 is 3.26. The van der Waals surface area contributed by atoms with Gasteiger partial charge in [-0.1, -0.05) is 29.5 Å². The third kappa shape index (κ3) is 1.70. The molecule has 0 amide bonds. The van der Waals surface area contributed by atoms with E-state index in [1.165, 1.54) is 34.6 Å². The van der Waals surface area contributed by atoms with Crippen molar-refractivity contribution in [1.82, 2.24) is 4.98 Å². The Bertz CT molecular complexity index is 766. The van der Waals surface area contributed by atoms with Gasteiger partial charge in [-0.3, -0.25) is 4.79 Å². The summed E-state index contributed by atoms with van der Waals surface area (Å²) in [5, 5.41) is 1.67. The van der Waals surface area contributed by atoms with Crippen LogP contribution in [0.25, 0.3) is 0 Å². The van der Waals surface area contributed by atoms with E-state index in [1.54, 1.807) is 0 Å². The van der Waals surface area contributed by atoms with Crippen LogP contribution in [0, 0.1) is 5.92 Å². The first-order valence-electron chi connectivity index (χ1n) is 7.46. The molecule has 3 heterocycles. The molecule has 5 rings (SSSR count). The number of fused-ring (bicyclic) bond motifs is 4. The molecule has 21 heavy (non-hydrogen) atoms. The average molecular weight is 317 g/mol. The molecule has 0 unspecified atom stereocenters. The fourth-order valence-corrected chi connectivity index (χ4v) is 6.86. The molecule has 3 aliphatic rings. The van der Waals surface area contributed by atoms with Gasteiger partial charge in [0.2, 0.25) is 0 Å². The van der Waals surface area contributed by atoms with Crippen molar-refractivity contribution in [1.29, 1.82) is 0 Å². The summed E-state index contributed by atoms with van der Waals surface area (Å²) in [6.07, 6.45) is 3.89. The van der Waals surface area contributed by atoms with E-state index in [-0.39, 0.29) is 4.87 Å². The van der Waals surface area contributed by atoms with Gasteiger partial charge in [-0.2, -0.15) is 0 Å². The van der Waals surface area contributed by atoms with Gasteiger partial charge in [0.05, 0.1) is 5.03 Å². The molecule has 0 bridgehead atoms. The van der Waals surface area contributed by atoms with Gasteiger partial charge in [-0.15, -0.1) is 11.8 Å². The molecule has 4 atom stereocenters. The predicted molar refractivity (Wildman–Crippen MR) is 84.6 cm³/mol. The van der Waals surface area contributed by atoms with Gasteiger partial charge in [-0.25, -0.2) is 0 Å². The lowest BCUT2D eigenvalue weighted by atomic mass is 9.72. The molecule has 108 valence electrons. The molecule has 1 aromatic carbocycles. The minimum Gasteiger partial charge on any atom is -0.490 e. The maximum Gasteiger partial charge on any atom is 0.305 e. The van der Waals surface area contributed by atoms with Gasteiger partial charge in [0.15, 0.2) is 0 Å². The number of rotatable bonds is 0. The lowest BCUT2D eigenvalue weighted by Gasteiger charge is -2.48. The van der Waals surface area contributed by atoms with E-state index in [1.807, 2.05) is 17.8 Å². The molecular weight excluding hydrogens is 302 g/mol. The zero-order valence-corrected chi connectivity index (χ0v) is 13.0. The highest BCUT2D eigenvalue weighted by atomic mass is 32.2. The maximum absolute atomic E-state index is 11.9. The molecule has 2 aliphatic heterocycles. The number of hydrogen-bond acceptors (Lipinski definition) is 4. The molecule has 0 radical (unpaired) electrons. The van der Waals surface area contributed by atoms with Crippen molar-refractivity contribution in [3.8, 4) is 5.75 Å². The van der Waals surface area contributed by atoms with E-state index >= 15 is 0 Å². The molecular formula is C16H15NO2S2. The quantitative estimate of drug-likeness (QED) is 0.807. The number of H-pyrrole nitrogens is 1. The highest BCUT2D eigenvalue weighted by Crippen LogP contribution is 2.57. The van der Waals surface area contributed by atoms with Gasteiger partial charge in [0.1, 0.15) is 11.9 Å². The van der Waals surface area contributed by atoms with E-state index in [4.69, 9.17) is 4.74 Å². The van der Waals surface area contributed by atoms with Gasteiger partial charge >= 0.3 is 4.87 Å². The Labute approximate surface area is 130 Å². The molecule has 2 aromatic rings. The van der Waals surface area contributed by atoms with Crippen LogP contribution in [0.15, 0.2) is 34.1 Å². The van der Waals surface area contributed by atoms with Gasteiger partial charge in [0.25, 0.3) is 0 Å². The summed E-state index contributed by atoms with van der Waals surface area (Å²) in [4.78, 5) is 16.2. The largest absolute Gasteiger partial charge is 0.490 e. The Morgan fingerprint density at radius 2 is 2.14 bits per heavy atom. The molecule has 0 saturated heterocycles. The van der Waals surface area contributed by atoms with Crippen molar-refractivity contribution in [2.24, 2.45) is 5.92 Å². The Balaban J connectivity index is 1.77. The predicted octanol–water partition coefficient (Wildman–Crippen LogP) is 3.60. The average Bonchev–Trinajstić information content (AvgIpc) is 2.87. The van der Waals surface area contributed by atoms with Crippen LogP contribution in [0.1, 0.15) is 35.6 Å². The number of aromatic amines is 1. The third-order valence-electron chi connectivity index (χ3n) is 4.95. The number of nitrogens with one attached hydrogen (secondary N) is 1. The monoisotopic (exact) mass is 317 g/mol. The highest BCUT2D eigenvalue weighted by Gasteiger charge is 2.50. The van der Waals surface area contributed by atoms with Crippen LogP contribution in [-0.4, -0.2) is 16.3 Å². The van der Waals surface area contributed by atoms with Crippen molar-refractivity contribution in [2.75, 3.05) is 0 Å².